The number of ether oxygens (including phenoxy) is 2. The second kappa shape index (κ2) is 7.19. The van der Waals surface area contributed by atoms with Gasteiger partial charge in [-0.15, -0.1) is 0 Å². The molecule has 0 spiro atoms. The van der Waals surface area contributed by atoms with Crippen LogP contribution >= 0.6 is 0 Å². The SMILES string of the molecule is CCC1CCCCN1c1ncc(C(=O)Nc2ccc3c(c2)OCO3)cn1. The summed E-state index contributed by atoms with van der Waals surface area (Å²) in [7, 11) is 0. The number of carbonyl (C=O) groups is 1. The van der Waals surface area contributed by atoms with Gasteiger partial charge in [0.15, 0.2) is 11.5 Å². The van der Waals surface area contributed by atoms with Crippen molar-refractivity contribution >= 4 is 17.5 Å². The first-order valence-electron chi connectivity index (χ1n) is 9.04. The molecule has 136 valence electrons. The van der Waals surface area contributed by atoms with Crippen molar-refractivity contribution in [1.29, 1.82) is 0 Å². The molecule has 2 aliphatic heterocycles. The van der Waals surface area contributed by atoms with Crippen molar-refractivity contribution in [3.05, 3.63) is 36.2 Å². The van der Waals surface area contributed by atoms with Crippen LogP contribution in [0.25, 0.3) is 0 Å². The number of nitrogens with zero attached hydrogens (tertiary/aromatic N) is 3. The summed E-state index contributed by atoms with van der Waals surface area (Å²) in [6, 6.07) is 5.78. The van der Waals surface area contributed by atoms with Crippen LogP contribution in [0.1, 0.15) is 43.0 Å². The molecule has 1 amide bonds. The largest absolute Gasteiger partial charge is 0.454 e. The lowest BCUT2D eigenvalue weighted by Gasteiger charge is -2.35. The lowest BCUT2D eigenvalue weighted by molar-refractivity contribution is 0.102. The van der Waals surface area contributed by atoms with Crippen molar-refractivity contribution in [2.45, 2.75) is 38.6 Å². The lowest BCUT2D eigenvalue weighted by Crippen LogP contribution is -2.40. The Morgan fingerprint density at radius 3 is 2.85 bits per heavy atom. The molecule has 1 N–H and O–H groups in total. The zero-order valence-corrected chi connectivity index (χ0v) is 14.8. The molecular weight excluding hydrogens is 332 g/mol. The Morgan fingerprint density at radius 2 is 2.04 bits per heavy atom. The molecule has 1 aromatic heterocycles. The highest BCUT2D eigenvalue weighted by Gasteiger charge is 2.23. The quantitative estimate of drug-likeness (QED) is 0.908. The van der Waals surface area contributed by atoms with E-state index in [2.05, 4.69) is 27.1 Å². The fourth-order valence-electron chi connectivity index (χ4n) is 3.45. The minimum Gasteiger partial charge on any atom is -0.454 e. The van der Waals surface area contributed by atoms with E-state index in [1.807, 2.05) is 0 Å². The van der Waals surface area contributed by atoms with Gasteiger partial charge in [0.05, 0.1) is 5.56 Å². The van der Waals surface area contributed by atoms with Gasteiger partial charge in [-0.05, 0) is 37.8 Å². The van der Waals surface area contributed by atoms with E-state index in [-0.39, 0.29) is 12.7 Å². The molecule has 1 fully saturated rings. The molecule has 1 unspecified atom stereocenters. The van der Waals surface area contributed by atoms with Crippen molar-refractivity contribution in [2.24, 2.45) is 0 Å². The third kappa shape index (κ3) is 3.29. The molecule has 4 rings (SSSR count). The van der Waals surface area contributed by atoms with Crippen molar-refractivity contribution in [2.75, 3.05) is 23.6 Å². The maximum Gasteiger partial charge on any atom is 0.258 e. The lowest BCUT2D eigenvalue weighted by atomic mass is 10.0. The van der Waals surface area contributed by atoms with Gasteiger partial charge in [0, 0.05) is 36.7 Å². The molecule has 3 heterocycles. The number of aromatic nitrogens is 2. The van der Waals surface area contributed by atoms with E-state index < -0.39 is 0 Å². The molecule has 2 aliphatic rings. The van der Waals surface area contributed by atoms with Crippen LogP contribution in [0.15, 0.2) is 30.6 Å². The summed E-state index contributed by atoms with van der Waals surface area (Å²) in [6.45, 7) is 3.37. The number of nitrogens with one attached hydrogen (secondary N) is 1. The molecule has 26 heavy (non-hydrogen) atoms. The highest BCUT2D eigenvalue weighted by Crippen LogP contribution is 2.34. The Labute approximate surface area is 152 Å². The predicted molar refractivity (Wildman–Crippen MR) is 97.8 cm³/mol. The Bertz CT molecular complexity index is 794. The average Bonchev–Trinajstić information content (AvgIpc) is 3.16. The third-order valence-corrected chi connectivity index (χ3v) is 4.89. The standard InChI is InChI=1S/C19H22N4O3/c1-2-15-5-3-4-8-23(15)19-20-10-13(11-21-19)18(24)22-14-6-7-16-17(9-14)26-12-25-16/h6-7,9-11,15H,2-5,8,12H2,1H3,(H,22,24). The minimum absolute atomic E-state index is 0.206. The van der Waals surface area contributed by atoms with E-state index in [1.54, 1.807) is 30.6 Å². The summed E-state index contributed by atoms with van der Waals surface area (Å²) in [6.07, 6.45) is 7.84. The van der Waals surface area contributed by atoms with Gasteiger partial charge in [0.25, 0.3) is 5.91 Å². The minimum atomic E-state index is -0.249. The van der Waals surface area contributed by atoms with Gasteiger partial charge in [0.1, 0.15) is 0 Å². The van der Waals surface area contributed by atoms with Crippen LogP contribution in [0.4, 0.5) is 11.6 Å². The highest BCUT2D eigenvalue weighted by molar-refractivity contribution is 6.04. The van der Waals surface area contributed by atoms with Gasteiger partial charge in [-0.2, -0.15) is 0 Å². The molecule has 1 aromatic carbocycles. The van der Waals surface area contributed by atoms with Crippen molar-refractivity contribution in [1.82, 2.24) is 9.97 Å². The number of piperidine rings is 1. The predicted octanol–water partition coefficient (Wildman–Crippen LogP) is 3.23. The van der Waals surface area contributed by atoms with Crippen LogP contribution in [-0.4, -0.2) is 35.3 Å². The fourth-order valence-corrected chi connectivity index (χ4v) is 3.45. The molecule has 0 radical (unpaired) electrons. The number of anilines is 2. The Kier molecular flexibility index (Phi) is 4.60. The summed E-state index contributed by atoms with van der Waals surface area (Å²) in [5.41, 5.74) is 1.07. The molecule has 1 saturated heterocycles. The maximum absolute atomic E-state index is 12.4. The maximum atomic E-state index is 12.4. The van der Waals surface area contributed by atoms with Crippen molar-refractivity contribution in [3.63, 3.8) is 0 Å². The number of carbonyl (C=O) groups excluding carboxylic acids is 1. The van der Waals surface area contributed by atoms with Gasteiger partial charge < -0.3 is 19.7 Å². The van der Waals surface area contributed by atoms with Crippen LogP contribution in [0, 0.1) is 0 Å². The second-order valence-corrected chi connectivity index (χ2v) is 6.55. The van der Waals surface area contributed by atoms with Gasteiger partial charge in [-0.3, -0.25) is 4.79 Å². The third-order valence-electron chi connectivity index (χ3n) is 4.89. The van der Waals surface area contributed by atoms with Gasteiger partial charge in [0.2, 0.25) is 12.7 Å². The Balaban J connectivity index is 1.45. The summed E-state index contributed by atoms with van der Waals surface area (Å²) in [5, 5.41) is 2.84. The van der Waals surface area contributed by atoms with Crippen LogP contribution in [0.5, 0.6) is 11.5 Å². The Hall–Kier alpha value is -2.83. The smallest absolute Gasteiger partial charge is 0.258 e. The summed E-state index contributed by atoms with van der Waals surface area (Å²) >= 11 is 0. The molecule has 7 nitrogen and oxygen atoms in total. The van der Waals surface area contributed by atoms with Crippen LogP contribution in [0.2, 0.25) is 0 Å². The monoisotopic (exact) mass is 354 g/mol. The molecule has 2 aromatic rings. The normalized spacial score (nSPS) is 18.7. The number of hydrogen-bond donors (Lipinski definition) is 1. The van der Waals surface area contributed by atoms with Crippen LogP contribution in [-0.2, 0) is 0 Å². The van der Waals surface area contributed by atoms with Gasteiger partial charge >= 0.3 is 0 Å². The zero-order chi connectivity index (χ0) is 17.9. The molecule has 0 aliphatic carbocycles. The molecule has 1 atom stereocenters. The highest BCUT2D eigenvalue weighted by atomic mass is 16.7. The van der Waals surface area contributed by atoms with Crippen molar-refractivity contribution in [3.8, 4) is 11.5 Å². The van der Waals surface area contributed by atoms with E-state index in [4.69, 9.17) is 9.47 Å². The average molecular weight is 354 g/mol. The molecule has 0 saturated carbocycles. The summed E-state index contributed by atoms with van der Waals surface area (Å²) < 4.78 is 10.6. The number of rotatable bonds is 4. The van der Waals surface area contributed by atoms with E-state index in [0.717, 1.165) is 19.4 Å². The van der Waals surface area contributed by atoms with E-state index >= 15 is 0 Å². The fraction of sp³-hybridized carbons (Fsp3) is 0.421. The van der Waals surface area contributed by atoms with Gasteiger partial charge in [-0.25, -0.2) is 9.97 Å². The van der Waals surface area contributed by atoms with Crippen LogP contribution < -0.4 is 19.7 Å². The Morgan fingerprint density at radius 1 is 1.23 bits per heavy atom. The number of benzene rings is 1. The first-order chi connectivity index (χ1) is 12.7. The van der Waals surface area contributed by atoms with E-state index in [9.17, 15) is 4.79 Å². The topological polar surface area (TPSA) is 76.6 Å². The van der Waals surface area contributed by atoms with E-state index in [0.29, 0.717) is 34.7 Å². The molecule has 0 bridgehead atoms. The summed E-state index contributed by atoms with van der Waals surface area (Å²) in [5.74, 6) is 1.77. The van der Waals surface area contributed by atoms with Crippen LogP contribution in [0.3, 0.4) is 0 Å². The van der Waals surface area contributed by atoms with E-state index in [1.165, 1.54) is 12.8 Å². The molecular formula is C19H22N4O3. The van der Waals surface area contributed by atoms with Crippen molar-refractivity contribution < 1.29 is 14.3 Å². The number of fused-ring (bicyclic) bond motifs is 1. The summed E-state index contributed by atoms with van der Waals surface area (Å²) in [4.78, 5) is 23.6. The van der Waals surface area contributed by atoms with Gasteiger partial charge in [-0.1, -0.05) is 6.92 Å². The first-order valence-corrected chi connectivity index (χ1v) is 9.04. The second-order valence-electron chi connectivity index (χ2n) is 6.55. The number of hydrogen-bond acceptors (Lipinski definition) is 6. The first kappa shape index (κ1) is 16.6. The molecule has 7 heteroatoms. The number of amides is 1. The zero-order valence-electron chi connectivity index (χ0n) is 14.8.